The summed E-state index contributed by atoms with van der Waals surface area (Å²) in [4.78, 5) is 27.8. The maximum Gasteiger partial charge on any atom is 0.307 e. The molecule has 40 heavy (non-hydrogen) atoms. The van der Waals surface area contributed by atoms with Crippen molar-refractivity contribution < 1.29 is 28.2 Å². The first-order valence-corrected chi connectivity index (χ1v) is 13.7. The molecular formula is C27H31ClF2N6O4. The average molecular weight is 577 g/mol. The Morgan fingerprint density at radius 3 is 2.65 bits per heavy atom. The predicted octanol–water partition coefficient (Wildman–Crippen LogP) is 4.51. The topological polar surface area (TPSA) is 115 Å². The van der Waals surface area contributed by atoms with Crippen molar-refractivity contribution >= 4 is 23.5 Å². The molecule has 1 fully saturated rings. The highest BCUT2D eigenvalue weighted by Gasteiger charge is 2.42. The molecule has 0 radical (unpaired) electrons. The Hall–Kier alpha value is -3.54. The summed E-state index contributed by atoms with van der Waals surface area (Å²) >= 11 is 6.63. The summed E-state index contributed by atoms with van der Waals surface area (Å²) in [6, 6.07) is 2.78. The van der Waals surface area contributed by atoms with E-state index in [9.17, 15) is 23.5 Å². The lowest BCUT2D eigenvalue weighted by Gasteiger charge is -2.41. The first-order valence-electron chi connectivity index (χ1n) is 13.3. The van der Waals surface area contributed by atoms with Gasteiger partial charge in [0.05, 0.1) is 30.6 Å². The third kappa shape index (κ3) is 5.41. The van der Waals surface area contributed by atoms with E-state index >= 15 is 0 Å². The van der Waals surface area contributed by atoms with Gasteiger partial charge < -0.3 is 14.7 Å². The first-order chi connectivity index (χ1) is 19.2. The Balaban J connectivity index is 1.53. The van der Waals surface area contributed by atoms with Crippen molar-refractivity contribution in [3.8, 4) is 5.75 Å². The second kappa shape index (κ2) is 11.5. The molecular weight excluding hydrogens is 546 g/mol. The quantitative estimate of drug-likeness (QED) is 0.419. The maximum atomic E-state index is 14.0. The molecule has 3 heterocycles. The second-order valence-corrected chi connectivity index (χ2v) is 10.9. The molecule has 1 aliphatic heterocycles. The number of aromatic nitrogens is 5. The first kappa shape index (κ1) is 28.0. The Labute approximate surface area is 234 Å². The molecule has 1 aliphatic carbocycles. The van der Waals surface area contributed by atoms with Gasteiger partial charge in [-0.3, -0.25) is 14.3 Å². The number of ether oxygens (including phenoxy) is 1. The van der Waals surface area contributed by atoms with Crippen molar-refractivity contribution in [2.24, 2.45) is 18.9 Å². The predicted molar refractivity (Wildman–Crippen MR) is 140 cm³/mol. The van der Waals surface area contributed by atoms with Crippen LogP contribution in [-0.2, 0) is 36.2 Å². The van der Waals surface area contributed by atoms with Crippen molar-refractivity contribution in [2.75, 3.05) is 6.54 Å². The Bertz CT molecular complexity index is 1410. The maximum absolute atomic E-state index is 14.0. The summed E-state index contributed by atoms with van der Waals surface area (Å²) in [5.41, 5.74) is 2.07. The lowest BCUT2D eigenvalue weighted by molar-refractivity contribution is -0.153. The molecule has 0 bridgehead atoms. The van der Waals surface area contributed by atoms with Gasteiger partial charge in [-0.1, -0.05) is 29.7 Å². The summed E-state index contributed by atoms with van der Waals surface area (Å²) in [5.74, 6) is -2.16. The zero-order valence-corrected chi connectivity index (χ0v) is 23.0. The van der Waals surface area contributed by atoms with Crippen molar-refractivity contribution in [1.82, 2.24) is 29.7 Å². The van der Waals surface area contributed by atoms with Crippen molar-refractivity contribution in [1.29, 1.82) is 0 Å². The van der Waals surface area contributed by atoms with Crippen LogP contribution in [0.3, 0.4) is 0 Å². The van der Waals surface area contributed by atoms with Gasteiger partial charge in [0.1, 0.15) is 23.7 Å². The van der Waals surface area contributed by atoms with Crippen LogP contribution >= 0.6 is 11.6 Å². The molecule has 1 unspecified atom stereocenters. The van der Waals surface area contributed by atoms with Gasteiger partial charge in [-0.05, 0) is 49.4 Å². The van der Waals surface area contributed by atoms with E-state index in [2.05, 4.69) is 15.4 Å². The van der Waals surface area contributed by atoms with E-state index in [1.165, 1.54) is 7.05 Å². The van der Waals surface area contributed by atoms with Crippen LogP contribution in [0.15, 0.2) is 24.5 Å². The highest BCUT2D eigenvalue weighted by Crippen LogP contribution is 2.43. The molecule has 0 saturated heterocycles. The summed E-state index contributed by atoms with van der Waals surface area (Å²) in [6.45, 7) is 2.28. The van der Waals surface area contributed by atoms with E-state index in [-0.39, 0.29) is 30.4 Å². The number of rotatable bonds is 8. The molecule has 3 aromatic rings. The number of carboxylic acid groups (broad SMARTS) is 1. The summed E-state index contributed by atoms with van der Waals surface area (Å²) in [5, 5.41) is 22.3. The highest BCUT2D eigenvalue weighted by molar-refractivity contribution is 6.31. The zero-order valence-electron chi connectivity index (χ0n) is 22.3. The number of carbonyl (C=O) groups is 2. The second-order valence-electron chi connectivity index (χ2n) is 10.4. The largest absolute Gasteiger partial charge is 0.487 e. The summed E-state index contributed by atoms with van der Waals surface area (Å²) in [7, 11) is 1.39. The molecule has 2 aliphatic rings. The third-order valence-electron chi connectivity index (χ3n) is 7.89. The fraction of sp³-hybridized carbons (Fsp3) is 0.519. The molecule has 0 spiro atoms. The minimum atomic E-state index is -2.78. The number of amides is 1. The molecule has 1 N–H and O–H groups in total. The molecule has 2 aromatic heterocycles. The molecule has 1 aromatic carbocycles. The number of carboxylic acids is 1. The van der Waals surface area contributed by atoms with Crippen molar-refractivity contribution in [2.45, 2.75) is 64.6 Å². The van der Waals surface area contributed by atoms with Gasteiger partial charge in [0.25, 0.3) is 6.43 Å². The van der Waals surface area contributed by atoms with E-state index in [0.717, 1.165) is 28.7 Å². The van der Waals surface area contributed by atoms with E-state index in [4.69, 9.17) is 16.3 Å². The van der Waals surface area contributed by atoms with Gasteiger partial charge in [-0.2, -0.15) is 5.10 Å². The van der Waals surface area contributed by atoms with Crippen LogP contribution in [0.4, 0.5) is 8.78 Å². The number of aliphatic carboxylic acids is 1. The van der Waals surface area contributed by atoms with Crippen molar-refractivity contribution in [3.63, 3.8) is 0 Å². The van der Waals surface area contributed by atoms with E-state index in [0.29, 0.717) is 42.1 Å². The van der Waals surface area contributed by atoms with Gasteiger partial charge in [-0.15, -0.1) is 5.10 Å². The van der Waals surface area contributed by atoms with E-state index < -0.39 is 30.3 Å². The average Bonchev–Trinajstić information content (AvgIpc) is 3.52. The van der Waals surface area contributed by atoms with Crippen molar-refractivity contribution in [3.05, 3.63) is 57.6 Å². The molecule has 10 nitrogen and oxygen atoms in total. The van der Waals surface area contributed by atoms with E-state index in [1.54, 1.807) is 27.9 Å². The molecule has 3 atom stereocenters. The molecule has 13 heteroatoms. The fourth-order valence-corrected chi connectivity index (χ4v) is 6.22. The van der Waals surface area contributed by atoms with Crippen LogP contribution < -0.4 is 4.74 Å². The minimum absolute atomic E-state index is 0.00991. The van der Waals surface area contributed by atoms with Crippen LogP contribution in [0.25, 0.3) is 0 Å². The molecule has 5 rings (SSSR count). The number of nitrogens with zero attached hydrogens (tertiary/aromatic N) is 6. The van der Waals surface area contributed by atoms with Crippen LogP contribution in [-0.4, -0.2) is 53.2 Å². The zero-order chi connectivity index (χ0) is 28.6. The summed E-state index contributed by atoms with van der Waals surface area (Å²) in [6.07, 6.45) is 3.76. The smallest absolute Gasteiger partial charge is 0.307 e. The molecule has 1 saturated carbocycles. The standard InChI is InChI=1S/C27H31ClF2N6O4/c1-15-11-31-35(12-15)13-21-23-18(9-10-36(21)26(37)16-5-3-4-6-17(16)27(38)39)19(28)7-8-22(23)40-14-20-24(25(29)30)34(2)33-32-20/h7-8,11-12,16-17,21,25H,3-6,9-10,13-14H2,1-2H3,(H,38,39)/t16-,17+,21?/m1/s1. The number of benzene rings is 1. The number of alkyl halides is 2. The molecule has 1 amide bonds. The minimum Gasteiger partial charge on any atom is -0.487 e. The van der Waals surface area contributed by atoms with Crippen LogP contribution in [0.1, 0.15) is 66.2 Å². The SMILES string of the molecule is Cc1cnn(CC2c3c(OCc4nnn(C)c4C(F)F)ccc(Cl)c3CCN2C(=O)[C@@H]2CCCC[C@@H]2C(=O)O)c1. The van der Waals surface area contributed by atoms with E-state index in [1.807, 2.05) is 13.1 Å². The number of aryl methyl sites for hydroxylation is 2. The number of halogens is 3. The number of fused-ring (bicyclic) bond motifs is 1. The molecule has 214 valence electrons. The monoisotopic (exact) mass is 576 g/mol. The van der Waals surface area contributed by atoms with Gasteiger partial charge in [0.2, 0.25) is 5.91 Å². The van der Waals surface area contributed by atoms with Gasteiger partial charge in [-0.25, -0.2) is 13.5 Å². The number of carbonyl (C=O) groups excluding carboxylic acids is 1. The lowest BCUT2D eigenvalue weighted by atomic mass is 9.77. The van der Waals surface area contributed by atoms with Crippen LogP contribution in [0, 0.1) is 18.8 Å². The Morgan fingerprint density at radius 1 is 1.23 bits per heavy atom. The van der Waals surface area contributed by atoms with Crippen LogP contribution in [0.5, 0.6) is 5.75 Å². The summed E-state index contributed by atoms with van der Waals surface area (Å²) < 4.78 is 36.1. The Morgan fingerprint density at radius 2 is 1.98 bits per heavy atom. The fourth-order valence-electron chi connectivity index (χ4n) is 5.96. The van der Waals surface area contributed by atoms with Gasteiger partial charge in [0.15, 0.2) is 0 Å². The normalized spacial score (nSPS) is 20.9. The third-order valence-corrected chi connectivity index (χ3v) is 8.25. The van der Waals surface area contributed by atoms with Crippen LogP contribution in [0.2, 0.25) is 5.02 Å². The highest BCUT2D eigenvalue weighted by atomic mass is 35.5. The Kier molecular flexibility index (Phi) is 8.07. The lowest BCUT2D eigenvalue weighted by Crippen LogP contribution is -2.48. The van der Waals surface area contributed by atoms with Gasteiger partial charge in [0, 0.05) is 30.4 Å². The number of hydrogen-bond donors (Lipinski definition) is 1. The number of hydrogen-bond acceptors (Lipinski definition) is 6. The van der Waals surface area contributed by atoms with Gasteiger partial charge >= 0.3 is 5.97 Å².